The van der Waals surface area contributed by atoms with Crippen molar-refractivity contribution in [2.75, 3.05) is 6.54 Å². The Labute approximate surface area is 81.3 Å². The molecule has 0 amide bonds. The predicted molar refractivity (Wildman–Crippen MR) is 54.8 cm³/mol. The van der Waals surface area contributed by atoms with Gasteiger partial charge in [0.25, 0.3) is 0 Å². The fourth-order valence-corrected chi connectivity index (χ4v) is 2.15. The Hall–Kier alpha value is -0.370. The highest BCUT2D eigenvalue weighted by atomic mass is 16.1. The summed E-state index contributed by atoms with van der Waals surface area (Å²) < 4.78 is 0. The maximum Gasteiger partial charge on any atom is 0.149 e. The molecule has 0 aromatic carbocycles. The molecule has 0 aromatic heterocycles. The molecule has 0 bridgehead atoms. The van der Waals surface area contributed by atoms with Gasteiger partial charge in [-0.1, -0.05) is 13.3 Å². The monoisotopic (exact) mass is 183 g/mol. The third-order valence-electron chi connectivity index (χ3n) is 2.93. The van der Waals surface area contributed by atoms with Crippen molar-refractivity contribution >= 4 is 5.78 Å². The molecular weight excluding hydrogens is 162 g/mol. The second-order valence-electron chi connectivity index (χ2n) is 4.16. The summed E-state index contributed by atoms with van der Waals surface area (Å²) in [4.78, 5) is 14.0. The summed E-state index contributed by atoms with van der Waals surface area (Å²) in [5.74, 6) is 0.424. The highest BCUT2D eigenvalue weighted by Crippen LogP contribution is 2.20. The lowest BCUT2D eigenvalue weighted by molar-refractivity contribution is -0.126. The van der Waals surface area contributed by atoms with Crippen LogP contribution in [0.15, 0.2) is 0 Å². The molecule has 2 heteroatoms. The van der Waals surface area contributed by atoms with Gasteiger partial charge in [0.1, 0.15) is 5.78 Å². The van der Waals surface area contributed by atoms with Crippen molar-refractivity contribution < 1.29 is 4.79 Å². The van der Waals surface area contributed by atoms with E-state index in [2.05, 4.69) is 18.7 Å². The van der Waals surface area contributed by atoms with E-state index in [4.69, 9.17) is 0 Å². The summed E-state index contributed by atoms with van der Waals surface area (Å²) in [7, 11) is 0. The normalized spacial score (nSPS) is 25.1. The van der Waals surface area contributed by atoms with E-state index in [-0.39, 0.29) is 6.04 Å². The van der Waals surface area contributed by atoms with Gasteiger partial charge in [0.2, 0.25) is 0 Å². The van der Waals surface area contributed by atoms with Gasteiger partial charge in [0.05, 0.1) is 6.04 Å². The van der Waals surface area contributed by atoms with Gasteiger partial charge in [-0.2, -0.15) is 0 Å². The number of likely N-dealkylation sites (tertiary alicyclic amines) is 1. The van der Waals surface area contributed by atoms with Crippen molar-refractivity contribution in [2.24, 2.45) is 0 Å². The Morgan fingerprint density at radius 3 is 2.69 bits per heavy atom. The van der Waals surface area contributed by atoms with Gasteiger partial charge < -0.3 is 0 Å². The van der Waals surface area contributed by atoms with Crippen LogP contribution < -0.4 is 0 Å². The molecule has 0 radical (unpaired) electrons. The topological polar surface area (TPSA) is 20.3 Å². The standard InChI is InChI=1S/C11H21NO/c1-4-11(13)10-7-5-6-8-12(10)9(2)3/h9-10H,4-8H2,1-3H3. The molecule has 0 aliphatic carbocycles. The van der Waals surface area contributed by atoms with Crippen LogP contribution in [0.2, 0.25) is 0 Å². The van der Waals surface area contributed by atoms with Crippen molar-refractivity contribution in [1.82, 2.24) is 4.90 Å². The number of Topliss-reactive ketones (excluding diaryl/α,β-unsaturated/α-hetero) is 1. The van der Waals surface area contributed by atoms with E-state index in [1.165, 1.54) is 12.8 Å². The van der Waals surface area contributed by atoms with E-state index in [9.17, 15) is 4.79 Å². The molecule has 0 N–H and O–H groups in total. The van der Waals surface area contributed by atoms with Gasteiger partial charge in [0, 0.05) is 12.5 Å². The number of carbonyl (C=O) groups excluding carboxylic acids is 1. The molecule has 76 valence electrons. The molecule has 1 fully saturated rings. The number of hydrogen-bond acceptors (Lipinski definition) is 2. The van der Waals surface area contributed by atoms with Crippen molar-refractivity contribution in [2.45, 2.75) is 58.5 Å². The smallest absolute Gasteiger partial charge is 0.149 e. The van der Waals surface area contributed by atoms with Gasteiger partial charge in [-0.05, 0) is 33.2 Å². The van der Waals surface area contributed by atoms with Gasteiger partial charge >= 0.3 is 0 Å². The SMILES string of the molecule is CCC(=O)C1CCCCN1C(C)C. The zero-order valence-corrected chi connectivity index (χ0v) is 9.05. The Kier molecular flexibility index (Phi) is 3.91. The number of rotatable bonds is 3. The lowest BCUT2D eigenvalue weighted by Crippen LogP contribution is -2.47. The molecule has 1 atom stereocenters. The largest absolute Gasteiger partial charge is 0.298 e. The van der Waals surface area contributed by atoms with Crippen molar-refractivity contribution in [1.29, 1.82) is 0 Å². The first kappa shape index (κ1) is 10.7. The van der Waals surface area contributed by atoms with Gasteiger partial charge in [-0.3, -0.25) is 9.69 Å². The average molecular weight is 183 g/mol. The van der Waals surface area contributed by atoms with Gasteiger partial charge in [-0.25, -0.2) is 0 Å². The number of nitrogens with zero attached hydrogens (tertiary/aromatic N) is 1. The number of carbonyl (C=O) groups is 1. The Bertz CT molecular complexity index is 177. The van der Waals surface area contributed by atoms with E-state index in [0.29, 0.717) is 18.2 Å². The summed E-state index contributed by atoms with van der Waals surface area (Å²) >= 11 is 0. The number of ketones is 1. The highest BCUT2D eigenvalue weighted by Gasteiger charge is 2.28. The Morgan fingerprint density at radius 2 is 2.15 bits per heavy atom. The second-order valence-corrected chi connectivity index (χ2v) is 4.16. The summed E-state index contributed by atoms with van der Waals surface area (Å²) in [6, 6.07) is 0.736. The second kappa shape index (κ2) is 4.75. The molecule has 13 heavy (non-hydrogen) atoms. The van der Waals surface area contributed by atoms with Crippen molar-refractivity contribution in [3.8, 4) is 0 Å². The van der Waals surface area contributed by atoms with Crippen LogP contribution in [-0.4, -0.2) is 29.3 Å². The fraction of sp³-hybridized carbons (Fsp3) is 0.909. The first-order valence-corrected chi connectivity index (χ1v) is 5.45. The van der Waals surface area contributed by atoms with Crippen molar-refractivity contribution in [3.63, 3.8) is 0 Å². The minimum absolute atomic E-state index is 0.221. The molecule has 1 saturated heterocycles. The Morgan fingerprint density at radius 1 is 1.46 bits per heavy atom. The first-order chi connectivity index (χ1) is 6.16. The highest BCUT2D eigenvalue weighted by molar-refractivity contribution is 5.83. The number of piperidine rings is 1. The molecule has 1 rings (SSSR count). The van der Waals surface area contributed by atoms with Crippen LogP contribution in [0.1, 0.15) is 46.5 Å². The zero-order valence-electron chi connectivity index (χ0n) is 9.05. The average Bonchev–Trinajstić information content (AvgIpc) is 2.16. The van der Waals surface area contributed by atoms with Crippen molar-refractivity contribution in [3.05, 3.63) is 0 Å². The van der Waals surface area contributed by atoms with Crippen LogP contribution in [0.5, 0.6) is 0 Å². The van der Waals surface area contributed by atoms with Gasteiger partial charge in [-0.15, -0.1) is 0 Å². The summed E-state index contributed by atoms with van der Waals surface area (Å²) in [5.41, 5.74) is 0. The van der Waals surface area contributed by atoms with E-state index in [0.717, 1.165) is 13.0 Å². The minimum Gasteiger partial charge on any atom is -0.298 e. The lowest BCUT2D eigenvalue weighted by Gasteiger charge is -2.37. The van der Waals surface area contributed by atoms with E-state index < -0.39 is 0 Å². The molecular formula is C11H21NO. The van der Waals surface area contributed by atoms with Crippen LogP contribution in [-0.2, 0) is 4.79 Å². The predicted octanol–water partition coefficient (Wildman–Crippen LogP) is 2.23. The molecule has 1 heterocycles. The molecule has 0 aromatic rings. The van der Waals surface area contributed by atoms with E-state index in [1.54, 1.807) is 0 Å². The van der Waals surface area contributed by atoms with E-state index >= 15 is 0 Å². The molecule has 2 nitrogen and oxygen atoms in total. The molecule has 1 aliphatic rings. The van der Waals surface area contributed by atoms with Crippen LogP contribution in [0.25, 0.3) is 0 Å². The summed E-state index contributed by atoms with van der Waals surface area (Å²) in [5, 5.41) is 0. The van der Waals surface area contributed by atoms with Gasteiger partial charge in [0.15, 0.2) is 0 Å². The fourth-order valence-electron chi connectivity index (χ4n) is 2.15. The Balaban J connectivity index is 2.61. The summed E-state index contributed by atoms with van der Waals surface area (Å²) in [6.45, 7) is 7.44. The third kappa shape index (κ3) is 2.53. The third-order valence-corrected chi connectivity index (χ3v) is 2.93. The van der Waals surface area contributed by atoms with Crippen LogP contribution in [0.3, 0.4) is 0 Å². The zero-order chi connectivity index (χ0) is 9.84. The van der Waals surface area contributed by atoms with Crippen LogP contribution in [0, 0.1) is 0 Å². The maximum atomic E-state index is 11.6. The molecule has 0 saturated carbocycles. The quantitative estimate of drug-likeness (QED) is 0.668. The summed E-state index contributed by atoms with van der Waals surface area (Å²) in [6.07, 6.45) is 4.24. The minimum atomic E-state index is 0.221. The number of hydrogen-bond donors (Lipinski definition) is 0. The van der Waals surface area contributed by atoms with Crippen LogP contribution in [0.4, 0.5) is 0 Å². The maximum absolute atomic E-state index is 11.6. The van der Waals surface area contributed by atoms with E-state index in [1.807, 2.05) is 6.92 Å². The molecule has 1 unspecified atom stereocenters. The first-order valence-electron chi connectivity index (χ1n) is 5.45. The van der Waals surface area contributed by atoms with Crippen LogP contribution >= 0.6 is 0 Å². The molecule has 1 aliphatic heterocycles. The molecule has 0 spiro atoms. The lowest BCUT2D eigenvalue weighted by atomic mass is 9.96.